The molecule has 3 rings (SSSR count). The third-order valence-corrected chi connectivity index (χ3v) is 4.22. The molecule has 0 bridgehead atoms. The summed E-state index contributed by atoms with van der Waals surface area (Å²) in [6, 6.07) is 9.11. The third kappa shape index (κ3) is 3.80. The van der Waals surface area contributed by atoms with Crippen molar-refractivity contribution in [1.82, 2.24) is 10.1 Å². The van der Waals surface area contributed by atoms with Crippen molar-refractivity contribution >= 4 is 28.8 Å². The maximum Gasteiger partial charge on any atom is 0.248 e. The van der Waals surface area contributed by atoms with E-state index < -0.39 is 6.04 Å². The van der Waals surface area contributed by atoms with Gasteiger partial charge in [-0.25, -0.2) is 4.98 Å². The Balaban J connectivity index is 1.61. The van der Waals surface area contributed by atoms with Gasteiger partial charge in [-0.2, -0.15) is 0 Å². The van der Waals surface area contributed by atoms with Gasteiger partial charge in [0.15, 0.2) is 0 Å². The van der Waals surface area contributed by atoms with Gasteiger partial charge in [0.1, 0.15) is 6.04 Å². The van der Waals surface area contributed by atoms with Crippen molar-refractivity contribution < 1.29 is 9.32 Å². The van der Waals surface area contributed by atoms with Gasteiger partial charge in [-0.05, 0) is 32.9 Å². The second-order valence-electron chi connectivity index (χ2n) is 5.52. The van der Waals surface area contributed by atoms with Crippen LogP contribution in [-0.2, 0) is 4.79 Å². The predicted octanol–water partition coefficient (Wildman–Crippen LogP) is 3.85. The molecule has 1 atom stereocenters. The molecule has 0 aliphatic heterocycles. The summed E-state index contributed by atoms with van der Waals surface area (Å²) >= 11 is 1.63. The number of anilines is 2. The first-order valence-electron chi connectivity index (χ1n) is 7.54. The van der Waals surface area contributed by atoms with Gasteiger partial charge in [-0.1, -0.05) is 17.3 Å². The largest absolute Gasteiger partial charge is 0.374 e. The van der Waals surface area contributed by atoms with Crippen molar-refractivity contribution in [1.29, 1.82) is 0 Å². The van der Waals surface area contributed by atoms with Crippen molar-refractivity contribution in [2.24, 2.45) is 0 Å². The van der Waals surface area contributed by atoms with Crippen molar-refractivity contribution in [2.45, 2.75) is 26.8 Å². The lowest BCUT2D eigenvalue weighted by Crippen LogP contribution is -2.31. The molecule has 124 valence electrons. The van der Waals surface area contributed by atoms with E-state index in [0.29, 0.717) is 5.88 Å². The number of carbonyl (C=O) groups excluding carboxylic acids is 1. The minimum atomic E-state index is -0.414. The van der Waals surface area contributed by atoms with Crippen LogP contribution in [0.2, 0.25) is 0 Å². The third-order valence-electron chi connectivity index (χ3n) is 3.45. The number of hydrogen-bond acceptors (Lipinski definition) is 6. The van der Waals surface area contributed by atoms with Crippen LogP contribution in [0.3, 0.4) is 0 Å². The van der Waals surface area contributed by atoms with Crippen molar-refractivity contribution in [3.8, 4) is 11.3 Å². The van der Waals surface area contributed by atoms with E-state index in [9.17, 15) is 4.79 Å². The topological polar surface area (TPSA) is 80.0 Å². The fourth-order valence-electron chi connectivity index (χ4n) is 2.20. The molecule has 3 aromatic rings. The van der Waals surface area contributed by atoms with Gasteiger partial charge in [0.05, 0.1) is 16.4 Å². The van der Waals surface area contributed by atoms with Gasteiger partial charge < -0.3 is 9.84 Å². The zero-order valence-electron chi connectivity index (χ0n) is 13.7. The Morgan fingerprint density at radius 2 is 2.00 bits per heavy atom. The summed E-state index contributed by atoms with van der Waals surface area (Å²) in [7, 11) is 0. The van der Waals surface area contributed by atoms with Gasteiger partial charge in [0, 0.05) is 22.7 Å². The minimum absolute atomic E-state index is 0.189. The van der Waals surface area contributed by atoms with Crippen LogP contribution in [0.25, 0.3) is 11.3 Å². The first-order chi connectivity index (χ1) is 11.5. The van der Waals surface area contributed by atoms with E-state index in [0.717, 1.165) is 27.6 Å². The lowest BCUT2D eigenvalue weighted by atomic mass is 10.1. The van der Waals surface area contributed by atoms with Gasteiger partial charge in [0.25, 0.3) is 0 Å². The number of aryl methyl sites for hydroxylation is 2. The summed E-state index contributed by atoms with van der Waals surface area (Å²) in [6.45, 7) is 5.57. The second kappa shape index (κ2) is 6.84. The molecule has 0 fully saturated rings. The van der Waals surface area contributed by atoms with Crippen LogP contribution in [0.5, 0.6) is 0 Å². The number of thiazole rings is 1. The molecule has 0 saturated heterocycles. The maximum absolute atomic E-state index is 12.1. The Labute approximate surface area is 143 Å². The van der Waals surface area contributed by atoms with Crippen molar-refractivity contribution in [2.75, 3.05) is 10.6 Å². The molecule has 2 aromatic heterocycles. The highest BCUT2D eigenvalue weighted by Gasteiger charge is 2.15. The molecular formula is C17H18N4O2S. The average molecular weight is 342 g/mol. The van der Waals surface area contributed by atoms with E-state index in [1.54, 1.807) is 31.3 Å². The number of nitrogens with zero attached hydrogens (tertiary/aromatic N) is 2. The molecule has 2 N–H and O–H groups in total. The number of rotatable bonds is 5. The summed E-state index contributed by atoms with van der Waals surface area (Å²) in [5.41, 5.74) is 3.61. The lowest BCUT2D eigenvalue weighted by Gasteiger charge is -2.14. The van der Waals surface area contributed by atoms with Crippen LogP contribution in [0.4, 0.5) is 11.6 Å². The van der Waals surface area contributed by atoms with Gasteiger partial charge in [-0.15, -0.1) is 11.3 Å². The standard InChI is InChI=1S/C17H18N4O2S/c1-10-8-16(23-21-10)20-17(22)11(2)18-14-6-4-13(5-7-14)15-9-24-12(3)19-15/h4-9,11,18H,1-3H3,(H,20,22). The molecule has 0 aliphatic rings. The summed E-state index contributed by atoms with van der Waals surface area (Å²) in [6.07, 6.45) is 0. The first kappa shape index (κ1) is 16.2. The molecule has 0 saturated carbocycles. The molecule has 7 heteroatoms. The maximum atomic E-state index is 12.1. The summed E-state index contributed by atoms with van der Waals surface area (Å²) in [5.74, 6) is 0.158. The molecule has 6 nitrogen and oxygen atoms in total. The highest BCUT2D eigenvalue weighted by atomic mass is 32.1. The van der Waals surface area contributed by atoms with Gasteiger partial charge >= 0.3 is 0 Å². The van der Waals surface area contributed by atoms with E-state index in [-0.39, 0.29) is 5.91 Å². The Bertz CT molecular complexity index is 838. The minimum Gasteiger partial charge on any atom is -0.374 e. The molecule has 1 unspecified atom stereocenters. The van der Waals surface area contributed by atoms with Gasteiger partial charge in [0.2, 0.25) is 11.8 Å². The normalized spacial score (nSPS) is 12.0. The predicted molar refractivity (Wildman–Crippen MR) is 95.2 cm³/mol. The first-order valence-corrected chi connectivity index (χ1v) is 8.42. The molecule has 0 spiro atoms. The van der Waals surface area contributed by atoms with Crippen LogP contribution >= 0.6 is 11.3 Å². The highest BCUT2D eigenvalue weighted by molar-refractivity contribution is 7.09. The molecule has 0 radical (unpaired) electrons. The SMILES string of the molecule is Cc1cc(NC(=O)C(C)Nc2ccc(-c3csc(C)n3)cc2)on1. The van der Waals surface area contributed by atoms with Crippen LogP contribution in [0.1, 0.15) is 17.6 Å². The van der Waals surface area contributed by atoms with Crippen molar-refractivity contribution in [3.63, 3.8) is 0 Å². The highest BCUT2D eigenvalue weighted by Crippen LogP contribution is 2.23. The Morgan fingerprint density at radius 3 is 2.58 bits per heavy atom. The zero-order valence-corrected chi connectivity index (χ0v) is 14.5. The smallest absolute Gasteiger partial charge is 0.248 e. The fraction of sp³-hybridized carbons (Fsp3) is 0.235. The lowest BCUT2D eigenvalue weighted by molar-refractivity contribution is -0.116. The van der Waals surface area contributed by atoms with Crippen LogP contribution in [0.15, 0.2) is 40.2 Å². The molecular weight excluding hydrogens is 324 g/mol. The number of benzene rings is 1. The fourth-order valence-corrected chi connectivity index (χ4v) is 2.82. The molecule has 1 amide bonds. The van der Waals surface area contributed by atoms with E-state index in [1.165, 1.54) is 0 Å². The van der Waals surface area contributed by atoms with Crippen molar-refractivity contribution in [3.05, 3.63) is 46.4 Å². The van der Waals surface area contributed by atoms with Gasteiger partial charge in [-0.3, -0.25) is 10.1 Å². The Kier molecular flexibility index (Phi) is 4.61. The number of carbonyl (C=O) groups is 1. The molecule has 1 aromatic carbocycles. The zero-order chi connectivity index (χ0) is 17.1. The molecule has 2 heterocycles. The molecule has 24 heavy (non-hydrogen) atoms. The van der Waals surface area contributed by atoms with Crippen LogP contribution < -0.4 is 10.6 Å². The number of aromatic nitrogens is 2. The summed E-state index contributed by atoms with van der Waals surface area (Å²) in [4.78, 5) is 16.6. The van der Waals surface area contributed by atoms with E-state index in [4.69, 9.17) is 4.52 Å². The number of amides is 1. The molecule has 0 aliphatic carbocycles. The summed E-state index contributed by atoms with van der Waals surface area (Å²) < 4.78 is 4.99. The number of nitrogens with one attached hydrogen (secondary N) is 2. The summed E-state index contributed by atoms with van der Waals surface area (Å²) in [5, 5.41) is 12.7. The van der Waals surface area contributed by atoms with Crippen LogP contribution in [-0.4, -0.2) is 22.1 Å². The second-order valence-corrected chi connectivity index (χ2v) is 6.58. The average Bonchev–Trinajstić information content (AvgIpc) is 3.16. The van der Waals surface area contributed by atoms with E-state index >= 15 is 0 Å². The quantitative estimate of drug-likeness (QED) is 0.736. The number of hydrogen-bond donors (Lipinski definition) is 2. The Hall–Kier alpha value is -2.67. The van der Waals surface area contributed by atoms with Crippen LogP contribution in [0, 0.1) is 13.8 Å². The monoisotopic (exact) mass is 342 g/mol. The Morgan fingerprint density at radius 1 is 1.25 bits per heavy atom. The van der Waals surface area contributed by atoms with E-state index in [1.807, 2.05) is 36.6 Å². The van der Waals surface area contributed by atoms with E-state index in [2.05, 4.69) is 20.8 Å².